The minimum atomic E-state index is -2.27. The minimum absolute atomic E-state index is 0.0989. The van der Waals surface area contributed by atoms with Crippen LogP contribution in [0.4, 0.5) is 0 Å². The van der Waals surface area contributed by atoms with E-state index in [1.54, 1.807) is 48.5 Å². The summed E-state index contributed by atoms with van der Waals surface area (Å²) in [5, 5.41) is -0.0989. The second kappa shape index (κ2) is 7.23. The average molecular weight is 356 g/mol. The number of carbonyl (C=O) groups is 2. The predicted octanol–water partition coefficient (Wildman–Crippen LogP) is 5.07. The Kier molecular flexibility index (Phi) is 5.47. The first-order valence-corrected chi connectivity index (χ1v) is 11.1. The third kappa shape index (κ3) is 4.57. The molecule has 2 aromatic rings. The van der Waals surface area contributed by atoms with Gasteiger partial charge >= 0.3 is 11.9 Å². The lowest BCUT2D eigenvalue weighted by Crippen LogP contribution is -2.42. The number of para-hydroxylation sites is 1. The van der Waals surface area contributed by atoms with Crippen molar-refractivity contribution in [2.45, 2.75) is 38.9 Å². The van der Waals surface area contributed by atoms with E-state index in [2.05, 4.69) is 20.8 Å². The Morgan fingerprint density at radius 3 is 2.00 bits per heavy atom. The molecule has 0 fully saturated rings. The van der Waals surface area contributed by atoms with E-state index in [9.17, 15) is 9.59 Å². The first kappa shape index (κ1) is 18.9. The molecule has 2 aromatic carbocycles. The number of carbonyl (C=O) groups excluding carboxylic acids is 2. The molecule has 0 saturated heterocycles. The van der Waals surface area contributed by atoms with Gasteiger partial charge < -0.3 is 9.16 Å². The second-order valence-corrected chi connectivity index (χ2v) is 12.1. The molecule has 0 aliphatic carbocycles. The molecular formula is C20H24O4Si. The van der Waals surface area contributed by atoms with Crippen molar-refractivity contribution in [1.82, 2.24) is 0 Å². The first-order valence-electron chi connectivity index (χ1n) is 8.21. The first-order chi connectivity index (χ1) is 11.6. The number of ether oxygens (including phenoxy) is 1. The van der Waals surface area contributed by atoms with Gasteiger partial charge in [0, 0.05) is 0 Å². The Morgan fingerprint density at radius 1 is 0.840 bits per heavy atom. The molecule has 0 aromatic heterocycles. The highest BCUT2D eigenvalue weighted by Crippen LogP contribution is 2.37. The van der Waals surface area contributed by atoms with E-state index in [1.807, 2.05) is 19.2 Å². The van der Waals surface area contributed by atoms with Gasteiger partial charge in [-0.05, 0) is 42.4 Å². The van der Waals surface area contributed by atoms with Crippen LogP contribution in [0.3, 0.4) is 0 Å². The summed E-state index contributed by atoms with van der Waals surface area (Å²) in [6, 6.07) is 15.3. The third-order valence-corrected chi connectivity index (χ3v) is 8.78. The Hall–Kier alpha value is -2.40. The summed E-state index contributed by atoms with van der Waals surface area (Å²) < 4.78 is 11.3. The predicted molar refractivity (Wildman–Crippen MR) is 100 cm³/mol. The van der Waals surface area contributed by atoms with Gasteiger partial charge in [0.1, 0.15) is 11.3 Å². The zero-order chi connectivity index (χ0) is 18.7. The van der Waals surface area contributed by atoms with E-state index >= 15 is 0 Å². The number of hydrogen-bond acceptors (Lipinski definition) is 4. The molecule has 0 aliphatic rings. The molecule has 4 nitrogen and oxygen atoms in total. The van der Waals surface area contributed by atoms with E-state index in [4.69, 9.17) is 9.16 Å². The van der Waals surface area contributed by atoms with Crippen molar-refractivity contribution in [2.24, 2.45) is 0 Å². The number of rotatable bonds is 4. The summed E-state index contributed by atoms with van der Waals surface area (Å²) in [4.78, 5) is 24.9. The summed E-state index contributed by atoms with van der Waals surface area (Å²) in [5.41, 5.74) is 0.687. The number of hydrogen-bond donors (Lipinski definition) is 0. The maximum atomic E-state index is 12.7. The van der Waals surface area contributed by atoms with Crippen molar-refractivity contribution in [1.29, 1.82) is 0 Å². The highest BCUT2D eigenvalue weighted by Gasteiger charge is 2.41. The molecule has 5 heteroatoms. The molecule has 0 aliphatic heterocycles. The Balaban J connectivity index is 2.23. The zero-order valence-electron chi connectivity index (χ0n) is 15.3. The number of benzene rings is 2. The molecule has 25 heavy (non-hydrogen) atoms. The molecule has 0 atom stereocenters. The van der Waals surface area contributed by atoms with Crippen molar-refractivity contribution >= 4 is 20.3 Å². The smallest absolute Gasteiger partial charge is 0.343 e. The lowest BCUT2D eigenvalue weighted by atomic mass is 10.2. The average Bonchev–Trinajstić information content (AvgIpc) is 2.54. The largest absolute Gasteiger partial charge is 0.516 e. The van der Waals surface area contributed by atoms with Crippen LogP contribution < -0.4 is 4.74 Å². The fourth-order valence-corrected chi connectivity index (χ4v) is 2.78. The second-order valence-electron chi connectivity index (χ2n) is 7.40. The van der Waals surface area contributed by atoms with Crippen LogP contribution in [0.2, 0.25) is 18.1 Å². The molecule has 2 rings (SSSR count). The van der Waals surface area contributed by atoms with E-state index in [1.165, 1.54) is 0 Å². The van der Waals surface area contributed by atoms with E-state index in [0.29, 0.717) is 5.56 Å². The van der Waals surface area contributed by atoms with Crippen LogP contribution in [0.25, 0.3) is 0 Å². The summed E-state index contributed by atoms with van der Waals surface area (Å²) in [7, 11) is -2.27. The topological polar surface area (TPSA) is 52.6 Å². The van der Waals surface area contributed by atoms with Crippen LogP contribution in [0.5, 0.6) is 5.75 Å². The molecule has 0 radical (unpaired) electrons. The minimum Gasteiger partial charge on any atom is -0.516 e. The summed E-state index contributed by atoms with van der Waals surface area (Å²) in [5.74, 6) is -0.753. The van der Waals surface area contributed by atoms with Crippen LogP contribution in [0.1, 0.15) is 41.5 Å². The van der Waals surface area contributed by atoms with Gasteiger partial charge in [-0.3, -0.25) is 0 Å². The molecule has 0 spiro atoms. The van der Waals surface area contributed by atoms with Crippen molar-refractivity contribution in [2.75, 3.05) is 0 Å². The van der Waals surface area contributed by atoms with Gasteiger partial charge in [0.05, 0.1) is 5.56 Å². The van der Waals surface area contributed by atoms with Crippen molar-refractivity contribution in [3.8, 4) is 5.75 Å². The van der Waals surface area contributed by atoms with Gasteiger partial charge in [-0.2, -0.15) is 0 Å². The number of esters is 1. The normalized spacial score (nSPS) is 11.7. The van der Waals surface area contributed by atoms with E-state index < -0.39 is 20.3 Å². The van der Waals surface area contributed by atoms with Gasteiger partial charge in [-0.15, -0.1) is 0 Å². The van der Waals surface area contributed by atoms with Gasteiger partial charge in [-0.25, -0.2) is 9.59 Å². The molecule has 0 saturated carbocycles. The van der Waals surface area contributed by atoms with Crippen molar-refractivity contribution in [3.05, 3.63) is 65.7 Å². The van der Waals surface area contributed by atoms with Crippen LogP contribution in [-0.4, -0.2) is 20.3 Å². The molecule has 0 unspecified atom stereocenters. The van der Waals surface area contributed by atoms with Crippen LogP contribution in [-0.2, 0) is 4.43 Å². The summed E-state index contributed by atoms with van der Waals surface area (Å²) >= 11 is 0. The lowest BCUT2D eigenvalue weighted by Gasteiger charge is -2.35. The van der Waals surface area contributed by atoms with Crippen LogP contribution in [0.15, 0.2) is 54.6 Å². The maximum Gasteiger partial charge on any atom is 0.343 e. The van der Waals surface area contributed by atoms with Crippen molar-refractivity contribution in [3.63, 3.8) is 0 Å². The zero-order valence-corrected chi connectivity index (χ0v) is 16.3. The highest BCUT2D eigenvalue weighted by molar-refractivity contribution is 6.75. The third-order valence-electron chi connectivity index (χ3n) is 4.47. The molecule has 0 heterocycles. The Bertz CT molecular complexity index is 761. The molecule has 132 valence electrons. The SMILES string of the molecule is CC(C)(C)[Si](C)(C)OC(=O)c1ccccc1OC(=O)c1ccccc1. The van der Waals surface area contributed by atoms with Crippen molar-refractivity contribution < 1.29 is 18.8 Å². The monoisotopic (exact) mass is 356 g/mol. The van der Waals surface area contributed by atoms with Gasteiger partial charge in [-0.1, -0.05) is 51.1 Å². The molecular weight excluding hydrogens is 332 g/mol. The van der Waals surface area contributed by atoms with Gasteiger partial charge in [0.2, 0.25) is 0 Å². The molecule has 0 bridgehead atoms. The van der Waals surface area contributed by atoms with E-state index in [0.717, 1.165) is 0 Å². The summed E-state index contributed by atoms with van der Waals surface area (Å²) in [6.07, 6.45) is 0. The fraction of sp³-hybridized carbons (Fsp3) is 0.300. The van der Waals surface area contributed by atoms with Gasteiger partial charge in [0.25, 0.3) is 8.32 Å². The van der Waals surface area contributed by atoms with Crippen LogP contribution >= 0.6 is 0 Å². The highest BCUT2D eigenvalue weighted by atomic mass is 28.4. The maximum absolute atomic E-state index is 12.7. The quantitative estimate of drug-likeness (QED) is 0.436. The summed E-state index contributed by atoms with van der Waals surface area (Å²) in [6.45, 7) is 10.2. The molecule has 0 N–H and O–H groups in total. The Morgan fingerprint density at radius 2 is 1.40 bits per heavy atom. The molecule has 0 amide bonds. The van der Waals surface area contributed by atoms with Gasteiger partial charge in [0.15, 0.2) is 0 Å². The van der Waals surface area contributed by atoms with Crippen LogP contribution in [0, 0.1) is 0 Å². The van der Waals surface area contributed by atoms with E-state index in [-0.39, 0.29) is 16.4 Å². The fourth-order valence-electron chi connectivity index (χ4n) is 1.90. The Labute approximate surface area is 149 Å². The standard InChI is InChI=1S/C20H24O4Si/c1-20(2,3)25(4,5)24-19(22)16-13-9-10-14-17(16)23-18(21)15-11-7-6-8-12-15/h6-14H,1-5H3. The lowest BCUT2D eigenvalue weighted by molar-refractivity contribution is 0.0693.